The van der Waals surface area contributed by atoms with E-state index in [4.69, 9.17) is 0 Å². The number of sulfone groups is 1. The smallest absolute Gasteiger partial charge is 0.235 e. The molecule has 0 saturated carbocycles. The summed E-state index contributed by atoms with van der Waals surface area (Å²) in [6.07, 6.45) is 1.66. The van der Waals surface area contributed by atoms with Gasteiger partial charge >= 0.3 is 0 Å². The van der Waals surface area contributed by atoms with Gasteiger partial charge < -0.3 is 10.6 Å². The summed E-state index contributed by atoms with van der Waals surface area (Å²) < 4.78 is 23.6. The Morgan fingerprint density at radius 1 is 1.35 bits per heavy atom. The van der Waals surface area contributed by atoms with Crippen LogP contribution in [0.2, 0.25) is 0 Å². The van der Waals surface area contributed by atoms with E-state index >= 15 is 0 Å². The van der Waals surface area contributed by atoms with Crippen LogP contribution >= 0.6 is 0 Å². The van der Waals surface area contributed by atoms with Crippen molar-refractivity contribution in [2.45, 2.75) is 32.1 Å². The summed E-state index contributed by atoms with van der Waals surface area (Å²) in [5, 5.41) is 4.91. The van der Waals surface area contributed by atoms with E-state index in [2.05, 4.69) is 17.2 Å². The Balaban J connectivity index is 4.26. The van der Waals surface area contributed by atoms with Crippen molar-refractivity contribution in [2.75, 3.05) is 18.8 Å². The van der Waals surface area contributed by atoms with Gasteiger partial charge in [-0.1, -0.05) is 6.08 Å². The second-order valence-corrected chi connectivity index (χ2v) is 6.71. The summed E-state index contributed by atoms with van der Waals surface area (Å²) in [5.41, 5.74) is 0. The van der Waals surface area contributed by atoms with Crippen LogP contribution in [0.25, 0.3) is 0 Å². The largest absolute Gasteiger partial charge is 0.353 e. The maximum atomic E-state index is 11.8. The van der Waals surface area contributed by atoms with Gasteiger partial charge in [0.25, 0.3) is 0 Å². The first-order valence-electron chi connectivity index (χ1n) is 5.62. The number of rotatable bonds is 8. The molecule has 0 aliphatic heterocycles. The molecule has 0 spiro atoms. The number of carbonyl (C=O) groups is 1. The lowest BCUT2D eigenvalue weighted by Crippen LogP contribution is -2.40. The lowest BCUT2D eigenvalue weighted by atomic mass is 10.4. The SMILES string of the molecule is C=CCNCC(C)S(=O)(=O)CC(=O)NC(C)C. The normalized spacial score (nSPS) is 13.4. The molecule has 0 aliphatic rings. The number of hydrogen-bond donors (Lipinski definition) is 2. The Hall–Kier alpha value is -0.880. The highest BCUT2D eigenvalue weighted by molar-refractivity contribution is 7.92. The van der Waals surface area contributed by atoms with E-state index in [1.807, 2.05) is 0 Å². The first-order chi connectivity index (χ1) is 7.79. The highest BCUT2D eigenvalue weighted by Crippen LogP contribution is 2.01. The molecule has 1 amide bonds. The van der Waals surface area contributed by atoms with E-state index in [0.29, 0.717) is 13.1 Å². The molecular formula is C11H22N2O3S. The molecule has 5 nitrogen and oxygen atoms in total. The van der Waals surface area contributed by atoms with Crippen molar-refractivity contribution in [2.24, 2.45) is 0 Å². The Bertz CT molecular complexity index is 350. The van der Waals surface area contributed by atoms with Gasteiger partial charge in [-0.15, -0.1) is 6.58 Å². The third kappa shape index (κ3) is 7.12. The molecule has 0 rings (SSSR count). The number of amides is 1. The van der Waals surface area contributed by atoms with E-state index in [1.54, 1.807) is 26.8 Å². The van der Waals surface area contributed by atoms with Gasteiger partial charge in [-0.25, -0.2) is 8.42 Å². The summed E-state index contributed by atoms with van der Waals surface area (Å²) in [4.78, 5) is 11.4. The first-order valence-corrected chi connectivity index (χ1v) is 7.33. The van der Waals surface area contributed by atoms with Crippen molar-refractivity contribution in [3.05, 3.63) is 12.7 Å². The van der Waals surface area contributed by atoms with Crippen molar-refractivity contribution in [3.8, 4) is 0 Å². The van der Waals surface area contributed by atoms with Crippen molar-refractivity contribution in [3.63, 3.8) is 0 Å². The van der Waals surface area contributed by atoms with E-state index in [0.717, 1.165) is 0 Å². The van der Waals surface area contributed by atoms with E-state index < -0.39 is 26.7 Å². The summed E-state index contributed by atoms with van der Waals surface area (Å²) in [5.74, 6) is -0.905. The lowest BCUT2D eigenvalue weighted by Gasteiger charge is -2.14. The fourth-order valence-corrected chi connectivity index (χ4v) is 2.31. The number of hydrogen-bond acceptors (Lipinski definition) is 4. The van der Waals surface area contributed by atoms with Crippen LogP contribution in [0.1, 0.15) is 20.8 Å². The monoisotopic (exact) mass is 262 g/mol. The molecule has 0 fully saturated rings. The van der Waals surface area contributed by atoms with Gasteiger partial charge in [-0.3, -0.25) is 4.79 Å². The fourth-order valence-electron chi connectivity index (χ4n) is 1.20. The van der Waals surface area contributed by atoms with E-state index in [-0.39, 0.29) is 6.04 Å². The van der Waals surface area contributed by atoms with Crippen molar-refractivity contribution in [1.29, 1.82) is 0 Å². The van der Waals surface area contributed by atoms with Gasteiger partial charge in [0.05, 0.1) is 5.25 Å². The first kappa shape index (κ1) is 16.1. The summed E-state index contributed by atoms with van der Waals surface area (Å²) in [6, 6.07) is -0.0492. The fraction of sp³-hybridized carbons (Fsp3) is 0.727. The third-order valence-electron chi connectivity index (χ3n) is 2.12. The molecule has 0 aromatic rings. The quantitative estimate of drug-likeness (QED) is 0.480. The standard InChI is InChI=1S/C11H22N2O3S/c1-5-6-12-7-10(4)17(15,16)8-11(14)13-9(2)3/h5,9-10,12H,1,6-8H2,2-4H3,(H,13,14). The molecule has 0 saturated heterocycles. The van der Waals surface area contributed by atoms with Crippen molar-refractivity contribution >= 4 is 15.7 Å². The average Bonchev–Trinajstić information content (AvgIpc) is 2.15. The van der Waals surface area contributed by atoms with Gasteiger partial charge in [0.1, 0.15) is 5.75 Å². The predicted octanol–water partition coefficient (Wildman–Crippen LogP) is 0.0899. The second-order valence-electron chi connectivity index (χ2n) is 4.29. The van der Waals surface area contributed by atoms with Crippen molar-refractivity contribution < 1.29 is 13.2 Å². The Morgan fingerprint density at radius 3 is 2.41 bits per heavy atom. The molecule has 17 heavy (non-hydrogen) atoms. The molecular weight excluding hydrogens is 240 g/mol. The summed E-state index contributed by atoms with van der Waals surface area (Å²) in [7, 11) is -3.39. The van der Waals surface area contributed by atoms with Crippen LogP contribution in [0, 0.1) is 0 Å². The number of carbonyl (C=O) groups excluding carboxylic acids is 1. The minimum atomic E-state index is -3.39. The van der Waals surface area contributed by atoms with E-state index in [1.165, 1.54) is 0 Å². The van der Waals surface area contributed by atoms with Crippen LogP contribution in [0.15, 0.2) is 12.7 Å². The van der Waals surface area contributed by atoms with Gasteiger partial charge in [-0.2, -0.15) is 0 Å². The third-order valence-corrected chi connectivity index (χ3v) is 4.17. The zero-order valence-corrected chi connectivity index (χ0v) is 11.5. The van der Waals surface area contributed by atoms with Crippen LogP contribution in [-0.2, 0) is 14.6 Å². The Kier molecular flexibility index (Phi) is 7.06. The molecule has 0 aromatic carbocycles. The maximum absolute atomic E-state index is 11.8. The molecule has 6 heteroatoms. The average molecular weight is 262 g/mol. The zero-order valence-electron chi connectivity index (χ0n) is 10.7. The minimum absolute atomic E-state index is 0.0492. The second kappa shape index (κ2) is 7.45. The molecule has 1 unspecified atom stereocenters. The van der Waals surface area contributed by atoms with Crippen LogP contribution in [-0.4, -0.2) is 44.5 Å². The van der Waals surface area contributed by atoms with Crippen LogP contribution in [0.4, 0.5) is 0 Å². The molecule has 0 aromatic heterocycles. The maximum Gasteiger partial charge on any atom is 0.235 e. The van der Waals surface area contributed by atoms with E-state index in [9.17, 15) is 13.2 Å². The lowest BCUT2D eigenvalue weighted by molar-refractivity contribution is -0.119. The topological polar surface area (TPSA) is 75.3 Å². The number of nitrogens with one attached hydrogen (secondary N) is 2. The summed E-state index contributed by atoms with van der Waals surface area (Å²) in [6.45, 7) is 9.57. The Morgan fingerprint density at radius 2 is 1.94 bits per heavy atom. The molecule has 0 aliphatic carbocycles. The zero-order chi connectivity index (χ0) is 13.5. The highest BCUT2D eigenvalue weighted by Gasteiger charge is 2.23. The molecule has 0 bridgehead atoms. The molecule has 2 N–H and O–H groups in total. The van der Waals surface area contributed by atoms with Gasteiger partial charge in [0, 0.05) is 19.1 Å². The van der Waals surface area contributed by atoms with Crippen LogP contribution in [0.3, 0.4) is 0 Å². The van der Waals surface area contributed by atoms with Gasteiger partial charge in [0.2, 0.25) is 5.91 Å². The summed E-state index contributed by atoms with van der Waals surface area (Å²) >= 11 is 0. The van der Waals surface area contributed by atoms with Crippen LogP contribution in [0.5, 0.6) is 0 Å². The molecule has 0 heterocycles. The Labute approximate surface area is 104 Å². The highest BCUT2D eigenvalue weighted by atomic mass is 32.2. The van der Waals surface area contributed by atoms with Gasteiger partial charge in [0.15, 0.2) is 9.84 Å². The minimum Gasteiger partial charge on any atom is -0.353 e. The van der Waals surface area contributed by atoms with Crippen molar-refractivity contribution in [1.82, 2.24) is 10.6 Å². The predicted molar refractivity (Wildman–Crippen MR) is 69.6 cm³/mol. The van der Waals surface area contributed by atoms with Gasteiger partial charge in [-0.05, 0) is 20.8 Å². The van der Waals surface area contributed by atoms with Crippen LogP contribution < -0.4 is 10.6 Å². The molecule has 1 atom stereocenters. The molecule has 100 valence electrons. The molecule has 0 radical (unpaired) electrons.